The largest absolute Gasteiger partial charge is 0.481 e. The lowest BCUT2D eigenvalue weighted by Gasteiger charge is -2.27. The molecule has 1 atom stereocenters. The zero-order chi connectivity index (χ0) is 17.8. The number of rotatable bonds is 5. The molecular formula is C19H24N2O4. The second-order valence-corrected chi connectivity index (χ2v) is 7.06. The van der Waals surface area contributed by atoms with Gasteiger partial charge >= 0.3 is 5.97 Å². The van der Waals surface area contributed by atoms with Crippen LogP contribution >= 0.6 is 0 Å². The van der Waals surface area contributed by atoms with Gasteiger partial charge < -0.3 is 15.3 Å². The molecule has 1 unspecified atom stereocenters. The maximum absolute atomic E-state index is 12.5. The Hall–Kier alpha value is -2.37. The number of carbonyl (C=O) groups is 3. The summed E-state index contributed by atoms with van der Waals surface area (Å²) in [6.07, 6.45) is 2.84. The van der Waals surface area contributed by atoms with Gasteiger partial charge in [0.05, 0.1) is 11.8 Å². The van der Waals surface area contributed by atoms with Crippen LogP contribution in [0.15, 0.2) is 30.3 Å². The normalized spacial score (nSPS) is 26.5. The maximum Gasteiger partial charge on any atom is 0.306 e. The van der Waals surface area contributed by atoms with Crippen LogP contribution in [0.2, 0.25) is 0 Å². The number of nitrogens with zero attached hydrogens (tertiary/aromatic N) is 1. The van der Waals surface area contributed by atoms with E-state index in [9.17, 15) is 14.4 Å². The molecule has 1 saturated carbocycles. The summed E-state index contributed by atoms with van der Waals surface area (Å²) in [6, 6.07) is 9.79. The highest BCUT2D eigenvalue weighted by Crippen LogP contribution is 2.26. The molecule has 25 heavy (non-hydrogen) atoms. The highest BCUT2D eigenvalue weighted by molar-refractivity contribution is 5.89. The summed E-state index contributed by atoms with van der Waals surface area (Å²) in [6.45, 7) is 0.983. The van der Waals surface area contributed by atoms with E-state index in [0.717, 1.165) is 5.56 Å². The van der Waals surface area contributed by atoms with Gasteiger partial charge in [0.1, 0.15) is 0 Å². The Morgan fingerprint density at radius 1 is 1.08 bits per heavy atom. The summed E-state index contributed by atoms with van der Waals surface area (Å²) < 4.78 is 0. The van der Waals surface area contributed by atoms with Crippen molar-refractivity contribution in [2.45, 2.75) is 44.7 Å². The Morgan fingerprint density at radius 2 is 1.76 bits per heavy atom. The third kappa shape index (κ3) is 4.38. The van der Waals surface area contributed by atoms with Crippen LogP contribution in [0.4, 0.5) is 0 Å². The number of aliphatic carboxylic acids is 1. The fourth-order valence-electron chi connectivity index (χ4n) is 3.71. The first-order chi connectivity index (χ1) is 12.0. The smallest absolute Gasteiger partial charge is 0.306 e. The molecule has 0 bridgehead atoms. The molecular weight excluding hydrogens is 320 g/mol. The van der Waals surface area contributed by atoms with E-state index >= 15 is 0 Å². The van der Waals surface area contributed by atoms with E-state index < -0.39 is 5.97 Å². The molecule has 0 aromatic heterocycles. The van der Waals surface area contributed by atoms with Crippen LogP contribution < -0.4 is 5.32 Å². The average molecular weight is 344 g/mol. The molecule has 3 rings (SSSR count). The van der Waals surface area contributed by atoms with E-state index in [1.807, 2.05) is 30.3 Å². The van der Waals surface area contributed by atoms with Crippen LogP contribution in [0.1, 0.15) is 37.7 Å². The molecule has 1 aromatic carbocycles. The van der Waals surface area contributed by atoms with Crippen molar-refractivity contribution >= 4 is 17.8 Å². The summed E-state index contributed by atoms with van der Waals surface area (Å²) in [5.41, 5.74) is 1.06. The zero-order valence-corrected chi connectivity index (χ0v) is 14.2. The number of carboxylic acid groups (broad SMARTS) is 1. The predicted octanol–water partition coefficient (Wildman–Crippen LogP) is 1.79. The first kappa shape index (κ1) is 17.5. The van der Waals surface area contributed by atoms with Crippen molar-refractivity contribution in [3.8, 4) is 0 Å². The Morgan fingerprint density at radius 3 is 2.40 bits per heavy atom. The van der Waals surface area contributed by atoms with Gasteiger partial charge in [-0.1, -0.05) is 30.3 Å². The molecule has 2 aliphatic rings. The summed E-state index contributed by atoms with van der Waals surface area (Å²) in [7, 11) is 0. The number of hydrogen-bond acceptors (Lipinski definition) is 3. The highest BCUT2D eigenvalue weighted by Gasteiger charge is 2.35. The van der Waals surface area contributed by atoms with Crippen LogP contribution in [0.25, 0.3) is 0 Å². The number of benzene rings is 1. The summed E-state index contributed by atoms with van der Waals surface area (Å²) in [4.78, 5) is 37.4. The topological polar surface area (TPSA) is 86.7 Å². The van der Waals surface area contributed by atoms with Crippen molar-refractivity contribution in [3.63, 3.8) is 0 Å². The van der Waals surface area contributed by atoms with Gasteiger partial charge in [0.15, 0.2) is 0 Å². The lowest BCUT2D eigenvalue weighted by atomic mass is 9.86. The van der Waals surface area contributed by atoms with Gasteiger partial charge in [-0.25, -0.2) is 0 Å². The molecule has 1 aliphatic heterocycles. The maximum atomic E-state index is 12.5. The third-order valence-corrected chi connectivity index (χ3v) is 5.22. The van der Waals surface area contributed by atoms with E-state index in [0.29, 0.717) is 38.8 Å². The minimum Gasteiger partial charge on any atom is -0.481 e. The quantitative estimate of drug-likeness (QED) is 0.853. The number of amides is 2. The number of likely N-dealkylation sites (tertiary alicyclic amines) is 1. The fourth-order valence-corrected chi connectivity index (χ4v) is 3.71. The van der Waals surface area contributed by atoms with Crippen LogP contribution in [-0.4, -0.2) is 40.4 Å². The molecule has 1 heterocycles. The van der Waals surface area contributed by atoms with Crippen molar-refractivity contribution < 1.29 is 19.5 Å². The van der Waals surface area contributed by atoms with Gasteiger partial charge in [-0.2, -0.15) is 0 Å². The van der Waals surface area contributed by atoms with Gasteiger partial charge in [-0.05, 0) is 31.2 Å². The first-order valence-corrected chi connectivity index (χ1v) is 8.88. The molecule has 1 saturated heterocycles. The lowest BCUT2D eigenvalue weighted by Crippen LogP contribution is -2.42. The molecule has 0 radical (unpaired) electrons. The second kappa shape index (κ2) is 7.68. The molecule has 6 heteroatoms. The minimum atomic E-state index is -0.747. The van der Waals surface area contributed by atoms with Crippen LogP contribution in [0.3, 0.4) is 0 Å². The van der Waals surface area contributed by atoms with E-state index in [2.05, 4.69) is 5.32 Å². The van der Waals surface area contributed by atoms with Crippen molar-refractivity contribution in [2.75, 3.05) is 6.54 Å². The van der Waals surface area contributed by atoms with Crippen LogP contribution in [0, 0.1) is 11.8 Å². The Bertz CT molecular complexity index is 638. The molecule has 0 spiro atoms. The Balaban J connectivity index is 1.49. The minimum absolute atomic E-state index is 0.0126. The predicted molar refractivity (Wildman–Crippen MR) is 91.5 cm³/mol. The molecule has 2 fully saturated rings. The number of nitrogens with one attached hydrogen (secondary N) is 1. The number of carboxylic acids is 1. The monoisotopic (exact) mass is 344 g/mol. The third-order valence-electron chi connectivity index (χ3n) is 5.22. The van der Waals surface area contributed by atoms with Crippen molar-refractivity contribution in [2.24, 2.45) is 11.8 Å². The fraction of sp³-hybridized carbons (Fsp3) is 0.526. The molecule has 2 amide bonds. The van der Waals surface area contributed by atoms with Crippen molar-refractivity contribution in [1.29, 1.82) is 0 Å². The Labute approximate surface area is 147 Å². The second-order valence-electron chi connectivity index (χ2n) is 7.06. The molecule has 1 aromatic rings. The van der Waals surface area contributed by atoms with E-state index in [-0.39, 0.29) is 36.1 Å². The van der Waals surface area contributed by atoms with Gasteiger partial charge in [0.25, 0.3) is 0 Å². The van der Waals surface area contributed by atoms with E-state index in [1.54, 1.807) is 4.90 Å². The lowest BCUT2D eigenvalue weighted by molar-refractivity contribution is -0.143. The van der Waals surface area contributed by atoms with E-state index in [1.165, 1.54) is 0 Å². The Kier molecular flexibility index (Phi) is 5.36. The zero-order valence-electron chi connectivity index (χ0n) is 14.2. The standard InChI is InChI=1S/C19H24N2O4/c22-17-10-15(12-21(17)11-13-4-2-1-3-5-13)18(23)20-16-8-6-14(7-9-16)19(24)25/h1-5,14-16H,6-12H2,(H,20,23)(H,24,25). The van der Waals surface area contributed by atoms with Gasteiger partial charge in [-0.3, -0.25) is 14.4 Å². The summed E-state index contributed by atoms with van der Waals surface area (Å²) in [5, 5.41) is 12.0. The SMILES string of the molecule is O=C(O)C1CCC(NC(=O)C2CC(=O)N(Cc3ccccc3)C2)CC1. The number of carbonyl (C=O) groups excluding carboxylic acids is 2. The van der Waals surface area contributed by atoms with Crippen molar-refractivity contribution in [1.82, 2.24) is 10.2 Å². The van der Waals surface area contributed by atoms with Crippen LogP contribution in [0.5, 0.6) is 0 Å². The average Bonchev–Trinajstić information content (AvgIpc) is 2.97. The molecule has 6 nitrogen and oxygen atoms in total. The summed E-state index contributed by atoms with van der Waals surface area (Å²) in [5.74, 6) is -1.42. The van der Waals surface area contributed by atoms with Gasteiger partial charge in [0, 0.05) is 25.6 Å². The van der Waals surface area contributed by atoms with Gasteiger partial charge in [0.2, 0.25) is 11.8 Å². The highest BCUT2D eigenvalue weighted by atomic mass is 16.4. The van der Waals surface area contributed by atoms with Crippen molar-refractivity contribution in [3.05, 3.63) is 35.9 Å². The van der Waals surface area contributed by atoms with Crippen LogP contribution in [-0.2, 0) is 20.9 Å². The van der Waals surface area contributed by atoms with Gasteiger partial charge in [-0.15, -0.1) is 0 Å². The molecule has 134 valence electrons. The summed E-state index contributed by atoms with van der Waals surface area (Å²) >= 11 is 0. The van der Waals surface area contributed by atoms with E-state index in [4.69, 9.17) is 5.11 Å². The molecule has 2 N–H and O–H groups in total. The molecule has 1 aliphatic carbocycles. The first-order valence-electron chi connectivity index (χ1n) is 8.88. The number of hydrogen-bond donors (Lipinski definition) is 2.